The van der Waals surface area contributed by atoms with E-state index in [-0.39, 0.29) is 6.61 Å². The highest BCUT2D eigenvalue weighted by atomic mass is 16.7. The van der Waals surface area contributed by atoms with Crippen molar-refractivity contribution < 1.29 is 29.5 Å². The van der Waals surface area contributed by atoms with Crippen LogP contribution in [0.3, 0.4) is 0 Å². The van der Waals surface area contributed by atoms with Gasteiger partial charge in [-0.25, -0.2) is 0 Å². The van der Waals surface area contributed by atoms with E-state index in [1.165, 1.54) is 7.11 Å². The minimum atomic E-state index is -1.28. The summed E-state index contributed by atoms with van der Waals surface area (Å²) >= 11 is 0. The fourth-order valence-corrected chi connectivity index (χ4v) is 1.59. The van der Waals surface area contributed by atoms with Crippen LogP contribution in [0.4, 0.5) is 0 Å². The van der Waals surface area contributed by atoms with Gasteiger partial charge >= 0.3 is 0 Å². The number of hydrogen-bond acceptors (Lipinski definition) is 6. The number of hydrogen-bond donors (Lipinski definition) is 3. The Kier molecular flexibility index (Phi) is 5.60. The molecule has 3 N–H and O–H groups in total. The molecule has 0 spiro atoms. The van der Waals surface area contributed by atoms with E-state index in [0.717, 1.165) is 6.42 Å². The average molecular weight is 236 g/mol. The van der Waals surface area contributed by atoms with Gasteiger partial charge in [-0.1, -0.05) is 6.92 Å². The van der Waals surface area contributed by atoms with Gasteiger partial charge in [-0.15, -0.1) is 0 Å². The standard InChI is InChI=1S/C10H20O6/c1-3-4-15-5-6-7(11)8(12)9(13)10(14-2)16-6/h6-13H,3-5H2,1-2H3. The Labute approximate surface area is 94.7 Å². The predicted molar refractivity (Wildman–Crippen MR) is 54.8 cm³/mol. The summed E-state index contributed by atoms with van der Waals surface area (Å²) < 4.78 is 15.4. The number of ether oxygens (including phenoxy) is 3. The molecule has 1 aliphatic rings. The third kappa shape index (κ3) is 3.13. The van der Waals surface area contributed by atoms with E-state index < -0.39 is 30.7 Å². The lowest BCUT2D eigenvalue weighted by Crippen LogP contribution is -2.59. The maximum Gasteiger partial charge on any atom is 0.186 e. The van der Waals surface area contributed by atoms with Crippen molar-refractivity contribution in [3.8, 4) is 0 Å². The lowest BCUT2D eigenvalue weighted by atomic mass is 9.99. The zero-order chi connectivity index (χ0) is 12.1. The van der Waals surface area contributed by atoms with Crippen LogP contribution in [0.25, 0.3) is 0 Å². The summed E-state index contributed by atoms with van der Waals surface area (Å²) in [6.45, 7) is 2.69. The minimum absolute atomic E-state index is 0.165. The van der Waals surface area contributed by atoms with Gasteiger partial charge in [0.1, 0.15) is 24.4 Å². The molecule has 96 valence electrons. The molecule has 0 aromatic carbocycles. The first-order valence-corrected chi connectivity index (χ1v) is 5.42. The normalized spacial score (nSPS) is 39.9. The molecule has 1 aliphatic heterocycles. The summed E-state index contributed by atoms with van der Waals surface area (Å²) in [6.07, 6.45) is -4.46. The highest BCUT2D eigenvalue weighted by molar-refractivity contribution is 4.88. The highest BCUT2D eigenvalue weighted by Gasteiger charge is 2.43. The van der Waals surface area contributed by atoms with E-state index in [1.54, 1.807) is 0 Å². The van der Waals surface area contributed by atoms with Gasteiger partial charge < -0.3 is 29.5 Å². The number of rotatable bonds is 5. The lowest BCUT2D eigenvalue weighted by molar-refractivity contribution is -0.296. The van der Waals surface area contributed by atoms with Crippen LogP contribution in [0.15, 0.2) is 0 Å². The van der Waals surface area contributed by atoms with Gasteiger partial charge in [-0.05, 0) is 6.42 Å². The molecule has 6 heteroatoms. The Morgan fingerprint density at radius 1 is 1.12 bits per heavy atom. The van der Waals surface area contributed by atoms with Gasteiger partial charge in [-0.3, -0.25) is 0 Å². The molecule has 1 fully saturated rings. The van der Waals surface area contributed by atoms with Gasteiger partial charge in [0, 0.05) is 13.7 Å². The topological polar surface area (TPSA) is 88.4 Å². The van der Waals surface area contributed by atoms with Gasteiger partial charge in [0.25, 0.3) is 0 Å². The molecule has 1 saturated heterocycles. The molecule has 1 heterocycles. The Bertz CT molecular complexity index is 198. The monoisotopic (exact) mass is 236 g/mol. The first-order chi connectivity index (χ1) is 7.61. The van der Waals surface area contributed by atoms with Crippen molar-refractivity contribution in [1.29, 1.82) is 0 Å². The Morgan fingerprint density at radius 3 is 2.38 bits per heavy atom. The number of aliphatic hydroxyl groups is 3. The fraction of sp³-hybridized carbons (Fsp3) is 1.00. The van der Waals surface area contributed by atoms with Crippen LogP contribution in [-0.4, -0.2) is 66.3 Å². The fourth-order valence-electron chi connectivity index (χ4n) is 1.59. The maximum absolute atomic E-state index is 9.65. The molecular weight excluding hydrogens is 216 g/mol. The second-order valence-electron chi connectivity index (χ2n) is 3.83. The SMILES string of the molecule is CCCOCC1OC(OC)C(O)C(O)C1O. The second kappa shape index (κ2) is 6.48. The van der Waals surface area contributed by atoms with E-state index in [4.69, 9.17) is 14.2 Å². The summed E-state index contributed by atoms with van der Waals surface area (Å²) in [6, 6.07) is 0. The summed E-state index contributed by atoms with van der Waals surface area (Å²) in [5.41, 5.74) is 0. The molecule has 5 atom stereocenters. The third-order valence-corrected chi connectivity index (χ3v) is 2.53. The minimum Gasteiger partial charge on any atom is -0.387 e. The Morgan fingerprint density at radius 2 is 1.81 bits per heavy atom. The van der Waals surface area contributed by atoms with Crippen LogP contribution in [0.5, 0.6) is 0 Å². The Hall–Kier alpha value is -0.240. The molecule has 0 saturated carbocycles. The van der Waals surface area contributed by atoms with E-state index in [2.05, 4.69) is 0 Å². The van der Waals surface area contributed by atoms with Crippen LogP contribution in [0.1, 0.15) is 13.3 Å². The zero-order valence-electron chi connectivity index (χ0n) is 9.57. The van der Waals surface area contributed by atoms with Crippen LogP contribution < -0.4 is 0 Å². The van der Waals surface area contributed by atoms with Crippen molar-refractivity contribution in [1.82, 2.24) is 0 Å². The van der Waals surface area contributed by atoms with Crippen molar-refractivity contribution in [3.63, 3.8) is 0 Å². The summed E-state index contributed by atoms with van der Waals surface area (Å²) in [7, 11) is 1.36. The summed E-state index contributed by atoms with van der Waals surface area (Å²) in [5.74, 6) is 0. The van der Waals surface area contributed by atoms with Crippen LogP contribution in [0, 0.1) is 0 Å². The highest BCUT2D eigenvalue weighted by Crippen LogP contribution is 2.21. The first-order valence-electron chi connectivity index (χ1n) is 5.42. The van der Waals surface area contributed by atoms with E-state index in [1.807, 2.05) is 6.92 Å². The average Bonchev–Trinajstić information content (AvgIpc) is 2.29. The summed E-state index contributed by atoms with van der Waals surface area (Å²) in [4.78, 5) is 0. The van der Waals surface area contributed by atoms with E-state index in [9.17, 15) is 15.3 Å². The van der Waals surface area contributed by atoms with Gasteiger partial charge in [0.05, 0.1) is 6.61 Å². The van der Waals surface area contributed by atoms with Gasteiger partial charge in [0.2, 0.25) is 0 Å². The van der Waals surface area contributed by atoms with Crippen molar-refractivity contribution in [2.45, 2.75) is 44.1 Å². The van der Waals surface area contributed by atoms with Crippen molar-refractivity contribution in [2.75, 3.05) is 20.3 Å². The van der Waals surface area contributed by atoms with E-state index in [0.29, 0.717) is 6.61 Å². The third-order valence-electron chi connectivity index (χ3n) is 2.53. The molecule has 5 unspecified atom stereocenters. The molecule has 0 radical (unpaired) electrons. The molecule has 0 bridgehead atoms. The maximum atomic E-state index is 9.65. The van der Waals surface area contributed by atoms with Crippen LogP contribution in [-0.2, 0) is 14.2 Å². The second-order valence-corrected chi connectivity index (χ2v) is 3.83. The van der Waals surface area contributed by atoms with Crippen molar-refractivity contribution in [3.05, 3.63) is 0 Å². The molecule has 6 nitrogen and oxygen atoms in total. The first kappa shape index (κ1) is 13.8. The smallest absolute Gasteiger partial charge is 0.186 e. The quantitative estimate of drug-likeness (QED) is 0.523. The molecule has 0 aromatic rings. The number of methoxy groups -OCH3 is 1. The largest absolute Gasteiger partial charge is 0.387 e. The summed E-state index contributed by atoms with van der Waals surface area (Å²) in [5, 5.41) is 28.7. The van der Waals surface area contributed by atoms with Crippen molar-refractivity contribution in [2.24, 2.45) is 0 Å². The molecule has 0 aliphatic carbocycles. The Balaban J connectivity index is 2.50. The number of aliphatic hydroxyl groups excluding tert-OH is 3. The van der Waals surface area contributed by atoms with E-state index >= 15 is 0 Å². The van der Waals surface area contributed by atoms with Crippen LogP contribution >= 0.6 is 0 Å². The predicted octanol–water partition coefficient (Wildman–Crippen LogP) is -1.13. The zero-order valence-corrected chi connectivity index (χ0v) is 9.57. The van der Waals surface area contributed by atoms with Gasteiger partial charge in [-0.2, -0.15) is 0 Å². The molecule has 0 aromatic heterocycles. The molecular formula is C10H20O6. The van der Waals surface area contributed by atoms with Gasteiger partial charge in [0.15, 0.2) is 6.29 Å². The lowest BCUT2D eigenvalue weighted by Gasteiger charge is -2.39. The molecule has 1 rings (SSSR count). The van der Waals surface area contributed by atoms with Crippen LogP contribution in [0.2, 0.25) is 0 Å². The molecule has 16 heavy (non-hydrogen) atoms. The molecule has 0 amide bonds. The van der Waals surface area contributed by atoms with Crippen molar-refractivity contribution >= 4 is 0 Å².